The van der Waals surface area contributed by atoms with E-state index in [4.69, 9.17) is 0 Å². The summed E-state index contributed by atoms with van der Waals surface area (Å²) < 4.78 is 2.23. The monoisotopic (exact) mass is 368 g/mol. The Morgan fingerprint density at radius 3 is 2.78 bits per heavy atom. The first kappa shape index (κ1) is 17.9. The summed E-state index contributed by atoms with van der Waals surface area (Å²) in [5, 5.41) is 12.0. The fourth-order valence-electron chi connectivity index (χ4n) is 3.86. The highest BCUT2D eigenvalue weighted by molar-refractivity contribution is 5.94. The van der Waals surface area contributed by atoms with Crippen molar-refractivity contribution in [1.29, 1.82) is 0 Å². The van der Waals surface area contributed by atoms with Gasteiger partial charge in [0.15, 0.2) is 5.82 Å². The van der Waals surface area contributed by atoms with Crippen LogP contribution in [0.5, 0.6) is 0 Å². The molecule has 1 N–H and O–H groups in total. The highest BCUT2D eigenvalue weighted by Crippen LogP contribution is 2.19. The Bertz CT molecular complexity index is 776. The van der Waals surface area contributed by atoms with Crippen molar-refractivity contribution in [2.24, 2.45) is 5.92 Å². The lowest BCUT2D eigenvalue weighted by atomic mass is 9.99. The van der Waals surface area contributed by atoms with Crippen LogP contribution in [0.3, 0.4) is 0 Å². The van der Waals surface area contributed by atoms with Gasteiger partial charge in [-0.2, -0.15) is 0 Å². The number of aryl methyl sites for hydroxylation is 1. The first-order valence-electron chi connectivity index (χ1n) is 10.1. The molecule has 2 aromatic rings. The maximum Gasteiger partial charge on any atom is 0.255 e. The minimum Gasteiger partial charge on any atom is -0.363 e. The molecule has 0 spiro atoms. The van der Waals surface area contributed by atoms with E-state index >= 15 is 0 Å². The minimum absolute atomic E-state index is 0.0868. The van der Waals surface area contributed by atoms with Crippen LogP contribution >= 0.6 is 0 Å². The summed E-state index contributed by atoms with van der Waals surface area (Å²) in [4.78, 5) is 19.0. The first-order valence-corrected chi connectivity index (χ1v) is 10.1. The van der Waals surface area contributed by atoms with Gasteiger partial charge in [0.25, 0.3) is 5.91 Å². The molecule has 4 rings (SSSR count). The van der Waals surface area contributed by atoms with Crippen LogP contribution in [-0.4, -0.2) is 43.6 Å². The lowest BCUT2D eigenvalue weighted by molar-refractivity contribution is 0.0697. The van der Waals surface area contributed by atoms with Gasteiger partial charge in [0.05, 0.1) is 12.1 Å². The van der Waals surface area contributed by atoms with Gasteiger partial charge >= 0.3 is 0 Å². The van der Waals surface area contributed by atoms with Gasteiger partial charge in [-0.05, 0) is 43.7 Å². The Labute approximate surface area is 160 Å². The number of amides is 1. The molecule has 2 aliphatic heterocycles. The number of aromatic nitrogens is 4. The van der Waals surface area contributed by atoms with Crippen LogP contribution < -0.4 is 5.32 Å². The fourth-order valence-corrected chi connectivity index (χ4v) is 3.86. The van der Waals surface area contributed by atoms with E-state index in [0.29, 0.717) is 18.0 Å². The molecule has 0 bridgehead atoms. The molecule has 1 amide bonds. The van der Waals surface area contributed by atoms with Crippen molar-refractivity contribution >= 4 is 11.7 Å². The van der Waals surface area contributed by atoms with Crippen LogP contribution in [0.15, 0.2) is 18.3 Å². The molecular formula is C20H28N6O. The van der Waals surface area contributed by atoms with Crippen molar-refractivity contribution in [2.75, 3.05) is 18.4 Å². The second kappa shape index (κ2) is 8.06. The molecule has 0 unspecified atom stereocenters. The quantitative estimate of drug-likeness (QED) is 0.898. The van der Waals surface area contributed by atoms with E-state index in [2.05, 4.69) is 32.0 Å². The van der Waals surface area contributed by atoms with Crippen molar-refractivity contribution < 1.29 is 4.79 Å². The van der Waals surface area contributed by atoms with Crippen LogP contribution in [0.4, 0.5) is 5.82 Å². The standard InChI is InChI=1S/C20H28N6O/c1-15-8-11-25(12-9-15)20(27)16-6-7-17(21-13-16)22-14-19-24-23-18-5-3-2-4-10-26(18)19/h6-7,13,15H,2-5,8-12,14H2,1H3,(H,21,22). The lowest BCUT2D eigenvalue weighted by Crippen LogP contribution is -2.37. The van der Waals surface area contributed by atoms with Gasteiger partial charge in [0.1, 0.15) is 11.6 Å². The van der Waals surface area contributed by atoms with E-state index in [-0.39, 0.29) is 5.91 Å². The Morgan fingerprint density at radius 1 is 1.15 bits per heavy atom. The molecular weight excluding hydrogens is 340 g/mol. The molecule has 2 aromatic heterocycles. The molecule has 27 heavy (non-hydrogen) atoms. The highest BCUT2D eigenvalue weighted by Gasteiger charge is 2.21. The number of rotatable bonds is 4. The van der Waals surface area contributed by atoms with E-state index < -0.39 is 0 Å². The molecule has 4 heterocycles. The predicted molar refractivity (Wildman–Crippen MR) is 103 cm³/mol. The molecule has 7 nitrogen and oxygen atoms in total. The van der Waals surface area contributed by atoms with Gasteiger partial charge in [0.2, 0.25) is 0 Å². The van der Waals surface area contributed by atoms with Crippen molar-refractivity contribution in [3.63, 3.8) is 0 Å². The number of carbonyl (C=O) groups is 1. The summed E-state index contributed by atoms with van der Waals surface area (Å²) in [6.07, 6.45) is 8.48. The van der Waals surface area contributed by atoms with E-state index in [1.54, 1.807) is 6.20 Å². The zero-order valence-corrected chi connectivity index (χ0v) is 16.0. The summed E-state index contributed by atoms with van der Waals surface area (Å²) in [5.41, 5.74) is 0.659. The maximum atomic E-state index is 12.6. The number of carbonyl (C=O) groups excluding carboxylic acids is 1. The molecule has 7 heteroatoms. The van der Waals surface area contributed by atoms with Crippen molar-refractivity contribution in [3.05, 3.63) is 35.5 Å². The second-order valence-corrected chi connectivity index (χ2v) is 7.76. The van der Waals surface area contributed by atoms with Gasteiger partial charge in [-0.3, -0.25) is 4.79 Å². The summed E-state index contributed by atoms with van der Waals surface area (Å²) in [5.74, 6) is 3.60. The molecule has 1 fully saturated rings. The van der Waals surface area contributed by atoms with Gasteiger partial charge in [-0.15, -0.1) is 10.2 Å². The molecule has 1 saturated heterocycles. The number of piperidine rings is 1. The van der Waals surface area contributed by atoms with Crippen LogP contribution in [-0.2, 0) is 19.5 Å². The van der Waals surface area contributed by atoms with E-state index in [0.717, 1.165) is 56.4 Å². The smallest absolute Gasteiger partial charge is 0.255 e. The first-order chi connectivity index (χ1) is 13.2. The number of pyridine rings is 1. The molecule has 0 aromatic carbocycles. The fraction of sp³-hybridized carbons (Fsp3) is 0.600. The third-order valence-electron chi connectivity index (χ3n) is 5.70. The number of anilines is 1. The van der Waals surface area contributed by atoms with Crippen molar-refractivity contribution in [1.82, 2.24) is 24.6 Å². The number of fused-ring (bicyclic) bond motifs is 1. The Hall–Kier alpha value is -2.44. The zero-order valence-electron chi connectivity index (χ0n) is 16.0. The highest BCUT2D eigenvalue weighted by atomic mass is 16.2. The van der Waals surface area contributed by atoms with Crippen LogP contribution in [0.2, 0.25) is 0 Å². The van der Waals surface area contributed by atoms with Gasteiger partial charge in [-0.25, -0.2) is 4.98 Å². The Balaban J connectivity index is 1.36. The third-order valence-corrected chi connectivity index (χ3v) is 5.70. The minimum atomic E-state index is 0.0868. The molecule has 0 aliphatic carbocycles. The zero-order chi connectivity index (χ0) is 18.6. The van der Waals surface area contributed by atoms with Crippen LogP contribution in [0.25, 0.3) is 0 Å². The normalized spacial score (nSPS) is 18.0. The SMILES string of the molecule is CC1CCN(C(=O)c2ccc(NCc3nnc4n3CCCCC4)nc2)CC1. The average Bonchev–Trinajstić information content (AvgIpc) is 2.93. The van der Waals surface area contributed by atoms with Crippen molar-refractivity contribution in [2.45, 2.75) is 58.5 Å². The lowest BCUT2D eigenvalue weighted by Gasteiger charge is -2.30. The molecule has 0 saturated carbocycles. The largest absolute Gasteiger partial charge is 0.363 e. The van der Waals surface area contributed by atoms with Crippen molar-refractivity contribution in [3.8, 4) is 0 Å². The maximum absolute atomic E-state index is 12.6. The molecule has 144 valence electrons. The second-order valence-electron chi connectivity index (χ2n) is 7.76. The average molecular weight is 368 g/mol. The molecule has 0 atom stereocenters. The number of nitrogens with zero attached hydrogens (tertiary/aromatic N) is 5. The van der Waals surface area contributed by atoms with Gasteiger partial charge in [-0.1, -0.05) is 13.3 Å². The predicted octanol–water partition coefficient (Wildman–Crippen LogP) is 2.88. The summed E-state index contributed by atoms with van der Waals surface area (Å²) >= 11 is 0. The summed E-state index contributed by atoms with van der Waals surface area (Å²) in [6.45, 7) is 5.53. The molecule has 0 radical (unpaired) electrons. The summed E-state index contributed by atoms with van der Waals surface area (Å²) in [6, 6.07) is 3.74. The van der Waals surface area contributed by atoms with Crippen LogP contribution in [0, 0.1) is 5.92 Å². The number of likely N-dealkylation sites (tertiary alicyclic amines) is 1. The van der Waals surface area contributed by atoms with E-state index in [1.807, 2.05) is 17.0 Å². The number of hydrogen-bond acceptors (Lipinski definition) is 5. The summed E-state index contributed by atoms with van der Waals surface area (Å²) in [7, 11) is 0. The van der Waals surface area contributed by atoms with Crippen LogP contribution in [0.1, 0.15) is 61.0 Å². The Kier molecular flexibility index (Phi) is 5.36. The van der Waals surface area contributed by atoms with Gasteiger partial charge < -0.3 is 14.8 Å². The van der Waals surface area contributed by atoms with E-state index in [9.17, 15) is 4.79 Å². The number of hydrogen-bond donors (Lipinski definition) is 1. The molecule has 2 aliphatic rings. The van der Waals surface area contributed by atoms with Gasteiger partial charge in [0, 0.05) is 32.3 Å². The topological polar surface area (TPSA) is 75.9 Å². The Morgan fingerprint density at radius 2 is 2.00 bits per heavy atom. The third kappa shape index (κ3) is 4.12. The number of nitrogens with one attached hydrogen (secondary N) is 1. The van der Waals surface area contributed by atoms with E-state index in [1.165, 1.54) is 19.3 Å².